The fourth-order valence-electron chi connectivity index (χ4n) is 1.20. The molecule has 0 unspecified atom stereocenters. The Morgan fingerprint density at radius 2 is 2.20 bits per heavy atom. The van der Waals surface area contributed by atoms with Gasteiger partial charge in [-0.25, -0.2) is 4.68 Å². The zero-order valence-electron chi connectivity index (χ0n) is 7.98. The highest BCUT2D eigenvalue weighted by Gasteiger charge is 2.10. The Bertz CT molecular complexity index is 489. The second-order valence-electron chi connectivity index (χ2n) is 3.08. The number of nitrogen functional groups attached to an aromatic ring is 1. The summed E-state index contributed by atoms with van der Waals surface area (Å²) in [5.74, 6) is 0.849. The van der Waals surface area contributed by atoms with E-state index < -0.39 is 0 Å². The monoisotopic (exact) mass is 268 g/mol. The smallest absolute Gasteiger partial charge is 0.218 e. The highest BCUT2D eigenvalue weighted by atomic mass is 79.9. The molecule has 0 radical (unpaired) electrons. The predicted molar refractivity (Wildman–Crippen MR) is 60.2 cm³/mol. The first-order chi connectivity index (χ1) is 7.08. The van der Waals surface area contributed by atoms with Crippen molar-refractivity contribution in [1.82, 2.24) is 14.8 Å². The van der Waals surface area contributed by atoms with E-state index >= 15 is 0 Å². The molecule has 0 aliphatic rings. The average molecular weight is 269 g/mol. The summed E-state index contributed by atoms with van der Waals surface area (Å²) in [6, 6.07) is 5.12. The molecule has 0 amide bonds. The van der Waals surface area contributed by atoms with Crippen molar-refractivity contribution in [2.24, 2.45) is 7.05 Å². The highest BCUT2D eigenvalue weighted by Crippen LogP contribution is 2.29. The van der Waals surface area contributed by atoms with Gasteiger partial charge in [-0.05, 0) is 18.2 Å². The van der Waals surface area contributed by atoms with E-state index in [9.17, 15) is 5.11 Å². The molecule has 0 saturated heterocycles. The third-order valence-electron chi connectivity index (χ3n) is 2.00. The van der Waals surface area contributed by atoms with Crippen LogP contribution in [-0.4, -0.2) is 19.9 Å². The molecule has 1 aromatic heterocycles. The number of halogens is 1. The van der Waals surface area contributed by atoms with Gasteiger partial charge in [0.15, 0.2) is 5.82 Å². The first-order valence-corrected chi connectivity index (χ1v) is 5.02. The molecule has 0 aliphatic heterocycles. The molecule has 0 saturated carbocycles. The maximum Gasteiger partial charge on any atom is 0.218 e. The number of aromatic hydroxyl groups is 1. The first kappa shape index (κ1) is 9.97. The van der Waals surface area contributed by atoms with Gasteiger partial charge in [0.2, 0.25) is 5.95 Å². The fraction of sp³-hybridized carbons (Fsp3) is 0.111. The van der Waals surface area contributed by atoms with Crippen LogP contribution >= 0.6 is 15.9 Å². The number of nitrogens with zero attached hydrogens (tertiary/aromatic N) is 3. The SMILES string of the molecule is Cn1nc(-c2ccc(Br)cc2O)nc1N. The van der Waals surface area contributed by atoms with Crippen LogP contribution < -0.4 is 5.73 Å². The molecular weight excluding hydrogens is 260 g/mol. The summed E-state index contributed by atoms with van der Waals surface area (Å²) >= 11 is 3.26. The lowest BCUT2D eigenvalue weighted by Gasteiger charge is -1.99. The number of aromatic nitrogens is 3. The molecule has 0 aliphatic carbocycles. The molecule has 0 bridgehead atoms. The summed E-state index contributed by atoms with van der Waals surface area (Å²) in [4.78, 5) is 4.03. The minimum absolute atomic E-state index is 0.120. The summed E-state index contributed by atoms with van der Waals surface area (Å²) in [7, 11) is 1.70. The quantitative estimate of drug-likeness (QED) is 0.823. The standard InChI is InChI=1S/C9H9BrN4O/c1-14-9(11)12-8(13-14)6-3-2-5(10)4-7(6)15/h2-4,15H,1H3,(H2,11,12,13). The van der Waals surface area contributed by atoms with Crippen LogP contribution in [0.4, 0.5) is 5.95 Å². The van der Waals surface area contributed by atoms with Gasteiger partial charge in [0.25, 0.3) is 0 Å². The van der Waals surface area contributed by atoms with Crippen molar-refractivity contribution in [3.8, 4) is 17.1 Å². The minimum atomic E-state index is 0.120. The number of anilines is 1. The Kier molecular flexibility index (Phi) is 2.36. The average Bonchev–Trinajstić information content (AvgIpc) is 2.46. The molecule has 6 heteroatoms. The van der Waals surface area contributed by atoms with Crippen LogP contribution in [0.15, 0.2) is 22.7 Å². The van der Waals surface area contributed by atoms with E-state index in [1.165, 1.54) is 4.68 Å². The van der Waals surface area contributed by atoms with Gasteiger partial charge in [-0.3, -0.25) is 0 Å². The van der Waals surface area contributed by atoms with Crippen LogP contribution in [0.1, 0.15) is 0 Å². The lowest BCUT2D eigenvalue weighted by atomic mass is 10.2. The predicted octanol–water partition coefficient (Wildman–Crippen LogP) is 1.53. The molecule has 15 heavy (non-hydrogen) atoms. The molecule has 5 nitrogen and oxygen atoms in total. The maximum atomic E-state index is 9.68. The molecule has 2 aromatic rings. The number of phenols is 1. The number of nitrogens with two attached hydrogens (primary N) is 1. The zero-order valence-corrected chi connectivity index (χ0v) is 9.56. The van der Waals surface area contributed by atoms with Crippen molar-refractivity contribution in [1.29, 1.82) is 0 Å². The van der Waals surface area contributed by atoms with Gasteiger partial charge in [0, 0.05) is 11.5 Å². The normalized spacial score (nSPS) is 10.5. The van der Waals surface area contributed by atoms with Crippen molar-refractivity contribution in [3.05, 3.63) is 22.7 Å². The number of aryl methyl sites for hydroxylation is 1. The second-order valence-corrected chi connectivity index (χ2v) is 3.99. The lowest BCUT2D eigenvalue weighted by molar-refractivity contribution is 0.476. The van der Waals surface area contributed by atoms with Crippen LogP contribution in [0.2, 0.25) is 0 Å². The summed E-state index contributed by atoms with van der Waals surface area (Å²) in [5.41, 5.74) is 6.12. The summed E-state index contributed by atoms with van der Waals surface area (Å²) in [6.07, 6.45) is 0. The van der Waals surface area contributed by atoms with E-state index in [0.717, 1.165) is 4.47 Å². The molecule has 1 aromatic carbocycles. The first-order valence-electron chi connectivity index (χ1n) is 4.23. The van der Waals surface area contributed by atoms with E-state index in [2.05, 4.69) is 26.0 Å². The van der Waals surface area contributed by atoms with Crippen molar-refractivity contribution in [3.63, 3.8) is 0 Å². The van der Waals surface area contributed by atoms with Gasteiger partial charge in [-0.15, -0.1) is 5.10 Å². The molecule has 3 N–H and O–H groups in total. The molecule has 1 heterocycles. The second kappa shape index (κ2) is 3.54. The van der Waals surface area contributed by atoms with E-state index in [1.807, 2.05) is 6.07 Å². The van der Waals surface area contributed by atoms with Crippen LogP contribution in [-0.2, 0) is 7.05 Å². The van der Waals surface area contributed by atoms with Gasteiger partial charge in [0.05, 0.1) is 5.56 Å². The van der Waals surface area contributed by atoms with Gasteiger partial charge in [0.1, 0.15) is 5.75 Å². The summed E-state index contributed by atoms with van der Waals surface area (Å²) in [5, 5.41) is 13.8. The van der Waals surface area contributed by atoms with Crippen molar-refractivity contribution in [2.75, 3.05) is 5.73 Å². The van der Waals surface area contributed by atoms with E-state index in [0.29, 0.717) is 17.3 Å². The molecule has 0 fully saturated rings. The molecule has 0 spiro atoms. The lowest BCUT2D eigenvalue weighted by Crippen LogP contribution is -1.97. The van der Waals surface area contributed by atoms with Crippen LogP contribution in [0.25, 0.3) is 11.4 Å². The Labute approximate surface area is 94.7 Å². The van der Waals surface area contributed by atoms with E-state index in [1.54, 1.807) is 19.2 Å². The molecule has 78 valence electrons. The van der Waals surface area contributed by atoms with Gasteiger partial charge in [-0.2, -0.15) is 4.98 Å². The van der Waals surface area contributed by atoms with Crippen molar-refractivity contribution in [2.45, 2.75) is 0 Å². The van der Waals surface area contributed by atoms with Gasteiger partial charge >= 0.3 is 0 Å². The van der Waals surface area contributed by atoms with Gasteiger partial charge in [-0.1, -0.05) is 15.9 Å². The third-order valence-corrected chi connectivity index (χ3v) is 2.49. The largest absolute Gasteiger partial charge is 0.507 e. The Morgan fingerprint density at radius 3 is 2.73 bits per heavy atom. The van der Waals surface area contributed by atoms with E-state index in [-0.39, 0.29) is 5.75 Å². The maximum absolute atomic E-state index is 9.68. The van der Waals surface area contributed by atoms with Crippen LogP contribution in [0.3, 0.4) is 0 Å². The summed E-state index contributed by atoms with van der Waals surface area (Å²) < 4.78 is 2.25. The molecular formula is C9H9BrN4O. The van der Waals surface area contributed by atoms with Crippen LogP contribution in [0, 0.1) is 0 Å². The van der Waals surface area contributed by atoms with Crippen molar-refractivity contribution < 1.29 is 5.11 Å². The fourth-order valence-corrected chi connectivity index (χ4v) is 1.55. The molecule has 0 atom stereocenters. The number of rotatable bonds is 1. The number of benzene rings is 1. The highest BCUT2D eigenvalue weighted by molar-refractivity contribution is 9.10. The minimum Gasteiger partial charge on any atom is -0.507 e. The Balaban J connectivity index is 2.54. The Morgan fingerprint density at radius 1 is 1.47 bits per heavy atom. The zero-order chi connectivity index (χ0) is 11.0. The van der Waals surface area contributed by atoms with E-state index in [4.69, 9.17) is 5.73 Å². The van der Waals surface area contributed by atoms with Gasteiger partial charge < -0.3 is 10.8 Å². The van der Waals surface area contributed by atoms with Crippen molar-refractivity contribution >= 4 is 21.9 Å². The number of phenolic OH excluding ortho intramolecular Hbond substituents is 1. The third kappa shape index (κ3) is 1.80. The Hall–Kier alpha value is -1.56. The number of hydrogen-bond donors (Lipinski definition) is 2. The number of hydrogen-bond acceptors (Lipinski definition) is 4. The molecule has 2 rings (SSSR count). The summed E-state index contributed by atoms with van der Waals surface area (Å²) in [6.45, 7) is 0. The topological polar surface area (TPSA) is 77.0 Å². The van der Waals surface area contributed by atoms with Crippen LogP contribution in [0.5, 0.6) is 5.75 Å².